The number of aryl methyl sites for hydroxylation is 1. The van der Waals surface area contributed by atoms with Crippen LogP contribution in [-0.4, -0.2) is 61.7 Å². The number of hydrogen-bond acceptors (Lipinski definition) is 6. The van der Waals surface area contributed by atoms with Crippen LogP contribution in [-0.2, 0) is 11.0 Å². The van der Waals surface area contributed by atoms with E-state index >= 15 is 8.78 Å². The molecular formula is C29H23ClF5N6O3+. The van der Waals surface area contributed by atoms with E-state index < -0.39 is 48.4 Å². The van der Waals surface area contributed by atoms with Crippen molar-refractivity contribution in [1.29, 1.82) is 0 Å². The molecule has 2 atom stereocenters. The molecule has 6 rings (SSSR count). The minimum atomic E-state index is -4.69. The Morgan fingerprint density at radius 1 is 1.20 bits per heavy atom. The predicted molar refractivity (Wildman–Crippen MR) is 148 cm³/mol. The summed E-state index contributed by atoms with van der Waals surface area (Å²) < 4.78 is 77.2. The smallest absolute Gasteiger partial charge is 0.424 e. The van der Waals surface area contributed by atoms with Crippen LogP contribution in [0.15, 0.2) is 48.8 Å². The van der Waals surface area contributed by atoms with E-state index in [1.54, 1.807) is 17.6 Å². The fraction of sp³-hybridized carbons (Fsp3) is 0.276. The van der Waals surface area contributed by atoms with E-state index in [0.29, 0.717) is 33.8 Å². The topological polar surface area (TPSA) is 108 Å². The predicted octanol–water partition coefficient (Wildman–Crippen LogP) is 5.48. The van der Waals surface area contributed by atoms with Gasteiger partial charge < -0.3 is 14.7 Å². The number of H-pyrrole nitrogens is 1. The van der Waals surface area contributed by atoms with Crippen LogP contribution in [0.5, 0.6) is 11.8 Å². The number of rotatable bonds is 5. The summed E-state index contributed by atoms with van der Waals surface area (Å²) in [6.07, 6.45) is -3.39. The van der Waals surface area contributed by atoms with Gasteiger partial charge in [-0.05, 0) is 24.3 Å². The number of pyridine rings is 1. The number of ether oxygens (including phenoxy) is 1. The van der Waals surface area contributed by atoms with Crippen molar-refractivity contribution in [3.63, 3.8) is 0 Å². The highest BCUT2D eigenvalue weighted by molar-refractivity contribution is 6.33. The zero-order valence-corrected chi connectivity index (χ0v) is 23.6. The lowest BCUT2D eigenvalue weighted by atomic mass is 10.00. The molecule has 1 aliphatic heterocycles. The van der Waals surface area contributed by atoms with Crippen LogP contribution in [0.25, 0.3) is 33.1 Å². The van der Waals surface area contributed by atoms with E-state index in [4.69, 9.17) is 16.3 Å². The van der Waals surface area contributed by atoms with Gasteiger partial charge in [0.05, 0.1) is 28.7 Å². The maximum atomic E-state index is 15.5. The third-order valence-corrected chi connectivity index (χ3v) is 7.85. The lowest BCUT2D eigenvalue weighted by Crippen LogP contribution is -2.55. The zero-order valence-electron chi connectivity index (χ0n) is 22.9. The number of nitrogens with zero attached hydrogens (tertiary/aromatic N) is 5. The molecule has 15 heteroatoms. The molecule has 1 aliphatic rings. The van der Waals surface area contributed by atoms with Gasteiger partial charge in [0.1, 0.15) is 24.2 Å². The summed E-state index contributed by atoms with van der Waals surface area (Å²) in [5.41, 5.74) is 0.671. The van der Waals surface area contributed by atoms with Crippen molar-refractivity contribution >= 4 is 39.4 Å². The van der Waals surface area contributed by atoms with Crippen LogP contribution in [0.3, 0.4) is 0 Å². The molecule has 9 nitrogen and oxygen atoms in total. The Balaban J connectivity index is 1.38. The Morgan fingerprint density at radius 2 is 2.00 bits per heavy atom. The highest BCUT2D eigenvalue weighted by Crippen LogP contribution is 2.37. The Bertz CT molecular complexity index is 1920. The summed E-state index contributed by atoms with van der Waals surface area (Å²) in [5, 5.41) is 9.74. The van der Waals surface area contributed by atoms with Gasteiger partial charge in [-0.15, -0.1) is 0 Å². The van der Waals surface area contributed by atoms with Crippen LogP contribution in [0.4, 0.5) is 22.0 Å². The highest BCUT2D eigenvalue weighted by atomic mass is 35.5. The zero-order chi connectivity index (χ0) is 31.3. The molecule has 1 saturated heterocycles. The Labute approximate surface area is 250 Å². The van der Waals surface area contributed by atoms with Gasteiger partial charge in [0.25, 0.3) is 5.82 Å². The number of aromatic amines is 1. The largest absolute Gasteiger partial charge is 0.433 e. The molecule has 0 spiro atoms. The first-order valence-electron chi connectivity index (χ1n) is 13.4. The summed E-state index contributed by atoms with van der Waals surface area (Å²) in [4.78, 5) is 27.9. The number of nitrogens with one attached hydrogen (secondary N) is 1. The number of alkyl halides is 4. The van der Waals surface area contributed by atoms with E-state index in [1.165, 1.54) is 35.4 Å². The number of aliphatic hydroxyl groups excluding tert-OH is 1. The van der Waals surface area contributed by atoms with Crippen molar-refractivity contribution in [2.24, 2.45) is 0 Å². The molecule has 5 aromatic rings. The summed E-state index contributed by atoms with van der Waals surface area (Å²) >= 11 is 6.51. The summed E-state index contributed by atoms with van der Waals surface area (Å²) in [5.74, 6) is -0.523. The average molecular weight is 634 g/mol. The van der Waals surface area contributed by atoms with E-state index in [9.17, 15) is 23.1 Å². The van der Waals surface area contributed by atoms with Gasteiger partial charge in [-0.1, -0.05) is 11.6 Å². The van der Waals surface area contributed by atoms with E-state index in [1.807, 2.05) is 0 Å². The Hall–Kier alpha value is -4.43. The third-order valence-electron chi connectivity index (χ3n) is 7.54. The number of aliphatic hydroxyl groups is 1. The van der Waals surface area contributed by atoms with Gasteiger partial charge in [0.15, 0.2) is 22.9 Å². The number of benzene rings is 2. The van der Waals surface area contributed by atoms with Gasteiger partial charge >= 0.3 is 12.2 Å². The molecule has 2 N–H and O–H groups in total. The van der Waals surface area contributed by atoms with Crippen molar-refractivity contribution in [2.75, 3.05) is 19.7 Å². The standard InChI is InChI=1S/C29H22ClF5N6O3/c1-14-38-23-11-37-22-10-20(31)17(9-18(22)27(23)41(14)24-5-7-40(12-21(24)32)26(43)13-42)16-3-2-15(8-19(16)30)44-28-36-6-4-25(39-28)29(33,34)35/h2-4,6,8-11,21,24,42H,5,7,12-13H2,1H3/p+1/t21-,24-/m0/s1. The van der Waals surface area contributed by atoms with E-state index in [0.717, 1.165) is 6.20 Å². The second-order valence-corrected chi connectivity index (χ2v) is 10.7. The molecule has 0 aliphatic carbocycles. The first-order chi connectivity index (χ1) is 20.9. The fourth-order valence-electron chi connectivity index (χ4n) is 5.54. The second kappa shape index (κ2) is 11.2. The van der Waals surface area contributed by atoms with Crippen LogP contribution in [0, 0.1) is 12.7 Å². The highest BCUT2D eigenvalue weighted by Gasteiger charge is 2.38. The van der Waals surface area contributed by atoms with E-state index in [2.05, 4.69) is 19.9 Å². The Kier molecular flexibility index (Phi) is 7.58. The lowest BCUT2D eigenvalue weighted by molar-refractivity contribution is -0.711. The second-order valence-electron chi connectivity index (χ2n) is 10.3. The van der Waals surface area contributed by atoms with Crippen LogP contribution in [0.1, 0.15) is 24.0 Å². The first kappa shape index (κ1) is 29.6. The summed E-state index contributed by atoms with van der Waals surface area (Å²) in [6, 6.07) is 6.46. The van der Waals surface area contributed by atoms with Gasteiger partial charge in [0.2, 0.25) is 5.91 Å². The van der Waals surface area contributed by atoms with Gasteiger partial charge in [-0.2, -0.15) is 18.2 Å². The number of piperidine rings is 1. The van der Waals surface area contributed by atoms with Gasteiger partial charge in [0, 0.05) is 49.3 Å². The molecule has 0 saturated carbocycles. The Morgan fingerprint density at radius 3 is 2.70 bits per heavy atom. The number of carbonyl (C=O) groups is 1. The number of imidazole rings is 1. The molecule has 44 heavy (non-hydrogen) atoms. The number of halogens is 6. The SMILES string of the molecule is Cc1[nH]c2cnc3cc(F)c(-c4ccc(Oc5nccc(C(F)(F)F)n5)cc4Cl)cc3c2[n+]1[C@H]1CCN(C(=O)CO)C[C@@H]1F. The first-order valence-corrected chi connectivity index (χ1v) is 13.7. The molecule has 1 fully saturated rings. The monoisotopic (exact) mass is 633 g/mol. The van der Waals surface area contributed by atoms with Gasteiger partial charge in [-0.3, -0.25) is 9.78 Å². The van der Waals surface area contributed by atoms with Crippen molar-refractivity contribution in [1.82, 2.24) is 24.8 Å². The molecule has 0 unspecified atom stereocenters. The molecule has 0 radical (unpaired) electrons. The van der Waals surface area contributed by atoms with Crippen LogP contribution >= 0.6 is 11.6 Å². The quantitative estimate of drug-likeness (QED) is 0.196. The molecule has 4 heterocycles. The minimum Gasteiger partial charge on any atom is -0.424 e. The van der Waals surface area contributed by atoms with Gasteiger partial charge in [-0.25, -0.2) is 23.3 Å². The average Bonchev–Trinajstić information content (AvgIpc) is 3.32. The third kappa shape index (κ3) is 5.39. The molecular weight excluding hydrogens is 611 g/mol. The molecule has 1 amide bonds. The maximum Gasteiger partial charge on any atom is 0.433 e. The number of amides is 1. The molecule has 3 aromatic heterocycles. The molecule has 228 valence electrons. The molecule has 2 aromatic carbocycles. The summed E-state index contributed by atoms with van der Waals surface area (Å²) in [7, 11) is 0. The van der Waals surface area contributed by atoms with Crippen molar-refractivity contribution in [2.45, 2.75) is 31.7 Å². The lowest BCUT2D eigenvalue weighted by Gasteiger charge is -2.33. The number of likely N-dealkylation sites (tertiary alicyclic amines) is 1. The number of carbonyl (C=O) groups excluding carboxylic acids is 1. The number of fused-ring (bicyclic) bond motifs is 3. The van der Waals surface area contributed by atoms with Crippen LogP contribution < -0.4 is 9.30 Å². The van der Waals surface area contributed by atoms with Crippen molar-refractivity contribution in [3.8, 4) is 22.9 Å². The number of hydrogen-bond donors (Lipinski definition) is 2. The fourth-order valence-corrected chi connectivity index (χ4v) is 5.81. The normalized spacial score (nSPS) is 17.4. The van der Waals surface area contributed by atoms with Crippen LogP contribution in [0.2, 0.25) is 5.02 Å². The molecule has 0 bridgehead atoms. The van der Waals surface area contributed by atoms with Crippen molar-refractivity contribution in [3.05, 3.63) is 71.2 Å². The summed E-state index contributed by atoms with van der Waals surface area (Å²) in [6.45, 7) is 1.15. The number of aromatic nitrogens is 5. The maximum absolute atomic E-state index is 15.5. The minimum absolute atomic E-state index is 0.0300. The van der Waals surface area contributed by atoms with E-state index in [-0.39, 0.29) is 41.4 Å². The van der Waals surface area contributed by atoms with Crippen molar-refractivity contribution < 1.29 is 41.2 Å².